The number of aromatic nitrogens is 1. The summed E-state index contributed by atoms with van der Waals surface area (Å²) in [5.41, 5.74) is 0.835. The van der Waals surface area contributed by atoms with Crippen molar-refractivity contribution in [1.82, 2.24) is 19.7 Å². The first kappa shape index (κ1) is 36.0. The Morgan fingerprint density at radius 1 is 0.886 bits per heavy atom. The van der Waals surface area contributed by atoms with Crippen LogP contribution in [-0.4, -0.2) is 93.1 Å². The van der Waals surface area contributed by atoms with Crippen molar-refractivity contribution in [2.75, 3.05) is 27.2 Å². The number of rotatable bonds is 16. The number of pyridine rings is 1. The smallest absolute Gasteiger partial charge is 0.241 e. The van der Waals surface area contributed by atoms with E-state index in [1.165, 1.54) is 17.7 Å². The number of nitrogens with zero attached hydrogens (tertiary/aromatic N) is 4. The maximum Gasteiger partial charge on any atom is 0.241 e. The van der Waals surface area contributed by atoms with Crippen molar-refractivity contribution in [3.8, 4) is 0 Å². The fraction of sp³-hybridized carbons (Fsp3) is 0.771. The molecule has 44 heavy (non-hydrogen) atoms. The molecule has 0 aromatic carbocycles. The Morgan fingerprint density at radius 3 is 2.07 bits per heavy atom. The average Bonchev–Trinajstić information content (AvgIpc) is 3.01. The first-order valence-corrected chi connectivity index (χ1v) is 17.1. The van der Waals surface area contributed by atoms with Crippen molar-refractivity contribution in [1.29, 1.82) is 0 Å². The number of carbonyl (C=O) groups excluding carboxylic acids is 3. The standard InChI is InChI=1S/C35H58N4O5/c1-26(2)20-31(40)35(44)30(21-27-12-7-5-8-13-27)39(24-29-16-11-19-36-22-29)33(42)18-17-32(41)38(25-34(43)37(3)4)23-28-14-9-6-10-15-28/h11,16,19,22,26-28,30-31,35,40,44H,5-10,12-15,17-18,20-21,23-25H2,1-4H3/t30-,31-,35+/m0/s1. The van der Waals surface area contributed by atoms with Gasteiger partial charge >= 0.3 is 0 Å². The van der Waals surface area contributed by atoms with E-state index in [0.717, 1.165) is 56.9 Å². The molecular weight excluding hydrogens is 556 g/mol. The molecule has 0 unspecified atom stereocenters. The normalized spacial score (nSPS) is 18.4. The minimum Gasteiger partial charge on any atom is -0.390 e. The van der Waals surface area contributed by atoms with Gasteiger partial charge in [-0.3, -0.25) is 19.4 Å². The third-order valence-corrected chi connectivity index (χ3v) is 9.53. The number of amides is 3. The second kappa shape index (κ2) is 18.4. The lowest BCUT2D eigenvalue weighted by Gasteiger charge is -2.40. The molecule has 2 fully saturated rings. The van der Waals surface area contributed by atoms with E-state index in [9.17, 15) is 24.6 Å². The molecule has 1 aromatic rings. The highest BCUT2D eigenvalue weighted by molar-refractivity contribution is 5.87. The number of hydrogen-bond acceptors (Lipinski definition) is 6. The largest absolute Gasteiger partial charge is 0.390 e. The minimum atomic E-state index is -1.10. The fourth-order valence-electron chi connectivity index (χ4n) is 6.93. The van der Waals surface area contributed by atoms with Crippen LogP contribution in [0.25, 0.3) is 0 Å². The quantitative estimate of drug-likeness (QED) is 0.277. The maximum absolute atomic E-state index is 14.1. The first-order valence-electron chi connectivity index (χ1n) is 17.1. The molecule has 2 aliphatic carbocycles. The topological polar surface area (TPSA) is 114 Å². The Bertz CT molecular complexity index is 1010. The van der Waals surface area contributed by atoms with Gasteiger partial charge in [0, 0.05) is 52.4 Å². The van der Waals surface area contributed by atoms with Gasteiger partial charge in [0.15, 0.2) is 0 Å². The lowest BCUT2D eigenvalue weighted by molar-refractivity contribution is -0.145. The zero-order chi connectivity index (χ0) is 32.1. The van der Waals surface area contributed by atoms with Gasteiger partial charge in [-0.1, -0.05) is 71.3 Å². The van der Waals surface area contributed by atoms with E-state index in [2.05, 4.69) is 4.98 Å². The van der Waals surface area contributed by atoms with Gasteiger partial charge < -0.3 is 24.9 Å². The van der Waals surface area contributed by atoms with Gasteiger partial charge in [-0.05, 0) is 55.1 Å². The fourth-order valence-corrected chi connectivity index (χ4v) is 6.93. The lowest BCUT2D eigenvalue weighted by atomic mass is 9.81. The Balaban J connectivity index is 1.82. The molecule has 2 saturated carbocycles. The SMILES string of the molecule is CC(C)C[C@H](O)[C@H](O)[C@H](CC1CCCCC1)N(Cc1cccnc1)C(=O)CCC(=O)N(CC(=O)N(C)C)CC1CCCCC1. The van der Waals surface area contributed by atoms with E-state index in [-0.39, 0.29) is 49.6 Å². The summed E-state index contributed by atoms with van der Waals surface area (Å²) in [6.45, 7) is 4.82. The lowest BCUT2D eigenvalue weighted by Crippen LogP contribution is -2.52. The van der Waals surface area contributed by atoms with E-state index in [4.69, 9.17) is 0 Å². The Kier molecular flexibility index (Phi) is 15.1. The van der Waals surface area contributed by atoms with E-state index in [0.29, 0.717) is 31.2 Å². The number of aliphatic hydroxyl groups is 2. The summed E-state index contributed by atoms with van der Waals surface area (Å²) in [4.78, 5) is 49.4. The zero-order valence-corrected chi connectivity index (χ0v) is 27.7. The molecule has 1 aromatic heterocycles. The molecule has 0 bridgehead atoms. The molecule has 9 heteroatoms. The van der Waals surface area contributed by atoms with Gasteiger partial charge in [0.25, 0.3) is 0 Å². The summed E-state index contributed by atoms with van der Waals surface area (Å²) in [6, 6.07) is 3.15. The monoisotopic (exact) mass is 614 g/mol. The summed E-state index contributed by atoms with van der Waals surface area (Å²) in [5.74, 6) is 0.380. The molecule has 9 nitrogen and oxygen atoms in total. The molecule has 1 heterocycles. The highest BCUT2D eigenvalue weighted by Crippen LogP contribution is 2.32. The highest BCUT2D eigenvalue weighted by atomic mass is 16.3. The number of likely N-dealkylation sites (N-methyl/N-ethyl adjacent to an activating group) is 1. The van der Waals surface area contributed by atoms with Crippen molar-refractivity contribution in [2.45, 2.75) is 129 Å². The maximum atomic E-state index is 14.1. The van der Waals surface area contributed by atoms with Crippen LogP contribution in [0.5, 0.6) is 0 Å². The molecule has 248 valence electrons. The second-order valence-electron chi connectivity index (χ2n) is 13.9. The number of hydrogen-bond donors (Lipinski definition) is 2. The molecule has 0 spiro atoms. The van der Waals surface area contributed by atoms with Crippen LogP contribution in [0.2, 0.25) is 0 Å². The number of aliphatic hydroxyl groups excluding tert-OH is 2. The van der Waals surface area contributed by atoms with Crippen molar-refractivity contribution < 1.29 is 24.6 Å². The zero-order valence-electron chi connectivity index (χ0n) is 27.7. The number of carbonyl (C=O) groups is 3. The van der Waals surface area contributed by atoms with Crippen molar-refractivity contribution in [2.24, 2.45) is 17.8 Å². The summed E-state index contributed by atoms with van der Waals surface area (Å²) in [7, 11) is 3.38. The predicted molar refractivity (Wildman–Crippen MR) is 172 cm³/mol. The van der Waals surface area contributed by atoms with Crippen molar-refractivity contribution in [3.05, 3.63) is 30.1 Å². The molecule has 0 radical (unpaired) electrons. The van der Waals surface area contributed by atoms with Gasteiger partial charge in [-0.25, -0.2) is 0 Å². The molecule has 0 aliphatic heterocycles. The van der Waals surface area contributed by atoms with Crippen molar-refractivity contribution in [3.63, 3.8) is 0 Å². The average molecular weight is 615 g/mol. The van der Waals surface area contributed by atoms with Crippen LogP contribution >= 0.6 is 0 Å². The summed E-state index contributed by atoms with van der Waals surface area (Å²) in [6.07, 6.45) is 13.5. The summed E-state index contributed by atoms with van der Waals surface area (Å²) >= 11 is 0. The van der Waals surface area contributed by atoms with Crippen molar-refractivity contribution >= 4 is 17.7 Å². The Morgan fingerprint density at radius 2 is 1.50 bits per heavy atom. The third kappa shape index (κ3) is 11.8. The molecule has 0 saturated heterocycles. The van der Waals surface area contributed by atoms with E-state index >= 15 is 0 Å². The van der Waals surface area contributed by atoms with Crippen LogP contribution in [-0.2, 0) is 20.9 Å². The van der Waals surface area contributed by atoms with E-state index in [1.807, 2.05) is 26.0 Å². The van der Waals surface area contributed by atoms with E-state index in [1.54, 1.807) is 36.3 Å². The Labute approximate surface area is 265 Å². The summed E-state index contributed by atoms with van der Waals surface area (Å²) < 4.78 is 0. The van der Waals surface area contributed by atoms with Crippen LogP contribution in [0.15, 0.2) is 24.5 Å². The van der Waals surface area contributed by atoms with Crippen LogP contribution < -0.4 is 0 Å². The first-order chi connectivity index (χ1) is 21.0. The molecule has 3 rings (SSSR count). The molecule has 2 N–H and O–H groups in total. The third-order valence-electron chi connectivity index (χ3n) is 9.53. The molecule has 2 aliphatic rings. The highest BCUT2D eigenvalue weighted by Gasteiger charge is 2.36. The van der Waals surface area contributed by atoms with Gasteiger partial charge in [-0.15, -0.1) is 0 Å². The predicted octanol–water partition coefficient (Wildman–Crippen LogP) is 4.79. The summed E-state index contributed by atoms with van der Waals surface area (Å²) in [5, 5.41) is 22.6. The van der Waals surface area contributed by atoms with Crippen LogP contribution in [0, 0.1) is 17.8 Å². The van der Waals surface area contributed by atoms with Crippen LogP contribution in [0.3, 0.4) is 0 Å². The van der Waals surface area contributed by atoms with Crippen LogP contribution in [0.4, 0.5) is 0 Å². The molecule has 3 atom stereocenters. The second-order valence-corrected chi connectivity index (χ2v) is 13.9. The minimum absolute atomic E-state index is 0.00338. The van der Waals surface area contributed by atoms with Gasteiger partial charge in [0.1, 0.15) is 6.10 Å². The van der Waals surface area contributed by atoms with Gasteiger partial charge in [-0.2, -0.15) is 0 Å². The van der Waals surface area contributed by atoms with Gasteiger partial charge in [0.2, 0.25) is 17.7 Å². The van der Waals surface area contributed by atoms with Crippen LogP contribution in [0.1, 0.15) is 109 Å². The van der Waals surface area contributed by atoms with Gasteiger partial charge in [0.05, 0.1) is 18.7 Å². The molecule has 3 amide bonds. The Hall–Kier alpha value is -2.52. The molecular formula is C35H58N4O5. The van der Waals surface area contributed by atoms with E-state index < -0.39 is 18.2 Å².